The number of unbranched alkanes of at least 4 members (excludes halogenated alkanes) is 4. The average molecular weight is 445 g/mol. The van der Waals surface area contributed by atoms with Crippen LogP contribution in [0, 0.1) is 0 Å². The van der Waals surface area contributed by atoms with Gasteiger partial charge < -0.3 is 0 Å². The van der Waals surface area contributed by atoms with Gasteiger partial charge in [-0.3, -0.25) is 9.59 Å². The van der Waals surface area contributed by atoms with Crippen molar-refractivity contribution in [3.63, 3.8) is 0 Å². The van der Waals surface area contributed by atoms with Gasteiger partial charge in [0.05, 0.1) is 0 Å². The fourth-order valence-electron chi connectivity index (χ4n) is 2.95. The van der Waals surface area contributed by atoms with Gasteiger partial charge in [-0.15, -0.1) is 0 Å². The zero-order valence-electron chi connectivity index (χ0n) is 18.9. The summed E-state index contributed by atoms with van der Waals surface area (Å²) in [6, 6.07) is 19.8. The number of nitrogens with zero attached hydrogens (tertiary/aromatic N) is 2. The predicted molar refractivity (Wildman–Crippen MR) is 137 cm³/mol. The van der Waals surface area contributed by atoms with E-state index in [0.717, 1.165) is 43.2 Å². The molecule has 6 heteroatoms. The third-order valence-electron chi connectivity index (χ3n) is 4.68. The van der Waals surface area contributed by atoms with Crippen LogP contribution in [0.4, 0.5) is 0 Å². The molecule has 0 aliphatic heterocycles. The van der Waals surface area contributed by atoms with Crippen LogP contribution in [0.1, 0.15) is 56.1 Å². The lowest BCUT2D eigenvalue weighted by molar-refractivity contribution is -0.121. The molecule has 0 saturated carbocycles. The third kappa shape index (κ3) is 13.3. The van der Waals surface area contributed by atoms with Crippen LogP contribution < -0.4 is 10.9 Å². The lowest BCUT2D eigenvalue weighted by atomic mass is 10.1. The van der Waals surface area contributed by atoms with Crippen LogP contribution in [-0.2, 0) is 9.59 Å². The molecule has 0 aromatic heterocycles. The summed E-state index contributed by atoms with van der Waals surface area (Å²) in [4.78, 5) is 23.5. The molecule has 2 amide bonds. The number of carbonyl (C=O) groups is 2. The molecule has 2 N–H and O–H groups in total. The molecule has 0 fully saturated rings. The van der Waals surface area contributed by atoms with Crippen LogP contribution in [0.2, 0.25) is 0 Å². The minimum Gasteiger partial charge on any atom is -0.273 e. The van der Waals surface area contributed by atoms with Gasteiger partial charge >= 0.3 is 0 Å². The van der Waals surface area contributed by atoms with Crippen molar-refractivity contribution in [1.29, 1.82) is 0 Å². The Kier molecular flexibility index (Phi) is 13.0. The van der Waals surface area contributed by atoms with Gasteiger partial charge in [-0.25, -0.2) is 10.9 Å². The number of rotatable bonds is 14. The summed E-state index contributed by atoms with van der Waals surface area (Å²) >= 11 is 0. The Morgan fingerprint density at radius 1 is 0.606 bits per heavy atom. The monoisotopic (exact) mass is 444 g/mol. The molecule has 2 rings (SSSR count). The first kappa shape index (κ1) is 25.5. The highest BCUT2D eigenvalue weighted by Gasteiger charge is 2.01. The van der Waals surface area contributed by atoms with Gasteiger partial charge in [0.1, 0.15) is 0 Å². The molecule has 2 aromatic rings. The number of hydrazone groups is 2. The van der Waals surface area contributed by atoms with Gasteiger partial charge in [0.25, 0.3) is 0 Å². The maximum Gasteiger partial charge on any atom is 0.240 e. The van der Waals surface area contributed by atoms with Gasteiger partial charge in [-0.05, 0) is 36.1 Å². The zero-order chi connectivity index (χ0) is 23.4. The van der Waals surface area contributed by atoms with E-state index in [2.05, 4.69) is 21.1 Å². The van der Waals surface area contributed by atoms with Crippen LogP contribution in [0.25, 0.3) is 12.2 Å². The van der Waals surface area contributed by atoms with Crippen molar-refractivity contribution in [2.75, 3.05) is 0 Å². The number of hydrogen-bond acceptors (Lipinski definition) is 4. The molecule has 0 unspecified atom stereocenters. The Labute approximate surface area is 196 Å². The van der Waals surface area contributed by atoms with Crippen molar-refractivity contribution in [2.24, 2.45) is 10.2 Å². The second-order valence-corrected chi connectivity index (χ2v) is 7.43. The van der Waals surface area contributed by atoms with Crippen molar-refractivity contribution < 1.29 is 9.59 Å². The van der Waals surface area contributed by atoms with Gasteiger partial charge in [0.2, 0.25) is 11.8 Å². The fourth-order valence-corrected chi connectivity index (χ4v) is 2.95. The highest BCUT2D eigenvalue weighted by atomic mass is 16.2. The number of amides is 2. The van der Waals surface area contributed by atoms with E-state index in [1.165, 1.54) is 0 Å². The summed E-state index contributed by atoms with van der Waals surface area (Å²) in [7, 11) is 0. The largest absolute Gasteiger partial charge is 0.273 e. The van der Waals surface area contributed by atoms with E-state index in [9.17, 15) is 9.59 Å². The van der Waals surface area contributed by atoms with Gasteiger partial charge in [-0.1, -0.05) is 92.1 Å². The average Bonchev–Trinajstić information content (AvgIpc) is 2.84. The van der Waals surface area contributed by atoms with Crippen molar-refractivity contribution in [3.8, 4) is 0 Å². The quantitative estimate of drug-likeness (QED) is 0.234. The number of hydrogen-bond donors (Lipinski definition) is 2. The van der Waals surface area contributed by atoms with Crippen molar-refractivity contribution in [3.05, 3.63) is 83.9 Å². The summed E-state index contributed by atoms with van der Waals surface area (Å²) < 4.78 is 0. The van der Waals surface area contributed by atoms with Crippen LogP contribution in [0.3, 0.4) is 0 Å². The van der Waals surface area contributed by atoms with Crippen molar-refractivity contribution >= 4 is 36.4 Å². The Balaban J connectivity index is 1.42. The molecule has 0 spiro atoms. The zero-order valence-corrected chi connectivity index (χ0v) is 18.9. The van der Waals surface area contributed by atoms with E-state index < -0.39 is 0 Å². The molecule has 0 atom stereocenters. The minimum atomic E-state index is -0.0853. The highest BCUT2D eigenvalue weighted by Crippen LogP contribution is 2.07. The molecule has 0 bridgehead atoms. The molecule has 2 aromatic carbocycles. The Hall–Kier alpha value is -3.80. The van der Waals surface area contributed by atoms with Crippen molar-refractivity contribution in [2.45, 2.75) is 44.9 Å². The second kappa shape index (κ2) is 16.8. The van der Waals surface area contributed by atoms with E-state index in [1.54, 1.807) is 24.6 Å². The second-order valence-electron chi connectivity index (χ2n) is 7.43. The normalized spacial score (nSPS) is 11.6. The summed E-state index contributed by atoms with van der Waals surface area (Å²) in [5.41, 5.74) is 7.22. The highest BCUT2D eigenvalue weighted by molar-refractivity contribution is 5.82. The summed E-state index contributed by atoms with van der Waals surface area (Å²) in [6.45, 7) is 0. The number of benzene rings is 2. The van der Waals surface area contributed by atoms with Crippen LogP contribution in [0.15, 0.2) is 83.0 Å². The maximum atomic E-state index is 11.8. The number of nitrogens with one attached hydrogen (secondary N) is 2. The van der Waals surface area contributed by atoms with E-state index in [1.807, 2.05) is 72.8 Å². The first-order valence-electron chi connectivity index (χ1n) is 11.3. The smallest absolute Gasteiger partial charge is 0.240 e. The molecular weight excluding hydrogens is 412 g/mol. The first-order chi connectivity index (χ1) is 16.2. The summed E-state index contributed by atoms with van der Waals surface area (Å²) in [6.07, 6.45) is 16.0. The molecule has 0 heterocycles. The van der Waals surface area contributed by atoms with Gasteiger partial charge in [0.15, 0.2) is 0 Å². The number of carbonyl (C=O) groups excluding carboxylic acids is 2. The van der Waals surface area contributed by atoms with E-state index in [-0.39, 0.29) is 11.8 Å². The van der Waals surface area contributed by atoms with Gasteiger partial charge in [-0.2, -0.15) is 10.2 Å². The topological polar surface area (TPSA) is 82.9 Å². The van der Waals surface area contributed by atoms with Crippen molar-refractivity contribution in [1.82, 2.24) is 10.9 Å². The number of allylic oxidation sites excluding steroid dienone is 2. The van der Waals surface area contributed by atoms with Crippen LogP contribution in [0.5, 0.6) is 0 Å². The summed E-state index contributed by atoms with van der Waals surface area (Å²) in [5, 5.41) is 7.83. The minimum absolute atomic E-state index is 0.0853. The standard InChI is InChI=1S/C27H32N4O2/c32-26(30-28-22-12-18-24-14-6-4-7-15-24)20-10-2-1-3-11-21-27(33)31-29-23-13-19-25-16-8-5-9-17-25/h4-9,12-19,22-23H,1-3,10-11,20-21H2,(H,30,32)(H,31,33)/b18-12+,19-13+,28-22-,29-23-. The maximum absolute atomic E-state index is 11.8. The molecule has 0 aliphatic carbocycles. The molecule has 33 heavy (non-hydrogen) atoms. The SMILES string of the molecule is O=C(CCCCCCCC(=O)N/N=C\C=C\c1ccccc1)N/N=C\C=C\c1ccccc1. The third-order valence-corrected chi connectivity index (χ3v) is 4.68. The lowest BCUT2D eigenvalue weighted by Gasteiger charge is -2.02. The molecule has 0 radical (unpaired) electrons. The Morgan fingerprint density at radius 2 is 1.00 bits per heavy atom. The summed E-state index contributed by atoms with van der Waals surface area (Å²) in [5.74, 6) is -0.171. The van der Waals surface area contributed by atoms with E-state index in [0.29, 0.717) is 12.8 Å². The lowest BCUT2D eigenvalue weighted by Crippen LogP contribution is -2.16. The Bertz CT molecular complexity index is 858. The molecule has 0 aliphatic rings. The molecule has 0 saturated heterocycles. The van der Waals surface area contributed by atoms with Crippen LogP contribution in [-0.4, -0.2) is 24.2 Å². The molecule has 6 nitrogen and oxygen atoms in total. The van der Waals surface area contributed by atoms with E-state index in [4.69, 9.17) is 0 Å². The predicted octanol–water partition coefficient (Wildman–Crippen LogP) is 5.35. The Morgan fingerprint density at radius 3 is 1.42 bits per heavy atom. The van der Waals surface area contributed by atoms with Crippen LogP contribution >= 0.6 is 0 Å². The first-order valence-corrected chi connectivity index (χ1v) is 11.3. The molecular formula is C27H32N4O2. The van der Waals surface area contributed by atoms with E-state index >= 15 is 0 Å². The van der Waals surface area contributed by atoms with Gasteiger partial charge in [0, 0.05) is 25.3 Å². The molecule has 172 valence electrons. The fraction of sp³-hybridized carbons (Fsp3) is 0.259.